The van der Waals surface area contributed by atoms with Crippen molar-refractivity contribution in [1.29, 1.82) is 0 Å². The lowest BCUT2D eigenvalue weighted by Crippen LogP contribution is -2.38. The number of carbonyl (C=O) groups excluding carboxylic acids is 1. The number of nitro benzene ring substituents is 1. The van der Waals surface area contributed by atoms with E-state index in [0.29, 0.717) is 11.1 Å². The van der Waals surface area contributed by atoms with Gasteiger partial charge >= 0.3 is 5.69 Å². The van der Waals surface area contributed by atoms with Crippen LogP contribution in [0.5, 0.6) is 5.75 Å². The highest BCUT2D eigenvalue weighted by Crippen LogP contribution is 2.40. The molecular weight excluding hydrogens is 366 g/mol. The van der Waals surface area contributed by atoms with Crippen LogP contribution in [0, 0.1) is 10.1 Å². The standard InChI is InChI=1S/C19H15N3O4S/c1-26-15-8-7-12(9-14(15)22(24)25)17-20-18(23)16-13(10-27-19(16)21-17)11-5-3-2-4-6-11/h2-10,17,21H,1H3,(H,20,23)/t17-/m1/s1. The molecule has 0 radical (unpaired) electrons. The summed E-state index contributed by atoms with van der Waals surface area (Å²) in [4.78, 5) is 23.5. The van der Waals surface area contributed by atoms with Crippen molar-refractivity contribution in [3.05, 3.63) is 75.2 Å². The minimum Gasteiger partial charge on any atom is -0.490 e. The third-order valence-corrected chi connectivity index (χ3v) is 5.30. The highest BCUT2D eigenvalue weighted by atomic mass is 32.1. The van der Waals surface area contributed by atoms with Crippen LogP contribution in [-0.2, 0) is 0 Å². The maximum Gasteiger partial charge on any atom is 0.311 e. The topological polar surface area (TPSA) is 93.5 Å². The van der Waals surface area contributed by atoms with Crippen LogP contribution in [0.4, 0.5) is 10.7 Å². The highest BCUT2D eigenvalue weighted by molar-refractivity contribution is 7.15. The molecule has 136 valence electrons. The lowest BCUT2D eigenvalue weighted by Gasteiger charge is -2.26. The van der Waals surface area contributed by atoms with Crippen molar-refractivity contribution < 1.29 is 14.5 Å². The van der Waals surface area contributed by atoms with Gasteiger partial charge in [-0.2, -0.15) is 0 Å². The molecule has 0 unspecified atom stereocenters. The minimum atomic E-state index is -0.558. The molecule has 0 saturated carbocycles. The van der Waals surface area contributed by atoms with E-state index in [1.807, 2.05) is 35.7 Å². The number of rotatable bonds is 4. The maximum absolute atomic E-state index is 12.8. The van der Waals surface area contributed by atoms with E-state index < -0.39 is 11.1 Å². The van der Waals surface area contributed by atoms with Gasteiger partial charge in [0, 0.05) is 22.6 Å². The van der Waals surface area contributed by atoms with Crippen molar-refractivity contribution >= 4 is 27.9 Å². The van der Waals surface area contributed by atoms with Gasteiger partial charge in [0.2, 0.25) is 0 Å². The number of hydrogen-bond acceptors (Lipinski definition) is 6. The Kier molecular flexibility index (Phi) is 4.25. The predicted octanol–water partition coefficient (Wildman–Crippen LogP) is 4.19. The Morgan fingerprint density at radius 2 is 1.93 bits per heavy atom. The molecule has 0 bridgehead atoms. The highest BCUT2D eigenvalue weighted by Gasteiger charge is 2.30. The molecule has 1 amide bonds. The molecule has 0 spiro atoms. The minimum absolute atomic E-state index is 0.145. The van der Waals surface area contributed by atoms with Crippen molar-refractivity contribution in [3.63, 3.8) is 0 Å². The monoisotopic (exact) mass is 381 g/mol. The number of hydrogen-bond donors (Lipinski definition) is 2. The second kappa shape index (κ2) is 6.73. The number of anilines is 1. The number of fused-ring (bicyclic) bond motifs is 1. The molecule has 4 rings (SSSR count). The van der Waals surface area contributed by atoms with Crippen molar-refractivity contribution in [2.24, 2.45) is 0 Å². The predicted molar refractivity (Wildman–Crippen MR) is 103 cm³/mol. The number of nitro groups is 1. The second-order valence-electron chi connectivity index (χ2n) is 5.96. The first-order valence-corrected chi connectivity index (χ1v) is 9.03. The number of ether oxygens (including phenoxy) is 1. The summed E-state index contributed by atoms with van der Waals surface area (Å²) < 4.78 is 5.03. The van der Waals surface area contributed by atoms with E-state index in [9.17, 15) is 14.9 Å². The van der Waals surface area contributed by atoms with Gasteiger partial charge < -0.3 is 15.4 Å². The Morgan fingerprint density at radius 1 is 1.15 bits per heavy atom. The smallest absolute Gasteiger partial charge is 0.311 e. The van der Waals surface area contributed by atoms with Gasteiger partial charge in [0.05, 0.1) is 17.6 Å². The van der Waals surface area contributed by atoms with Gasteiger partial charge in [0.25, 0.3) is 5.91 Å². The molecule has 0 fully saturated rings. The van der Waals surface area contributed by atoms with Gasteiger partial charge in [-0.1, -0.05) is 36.4 Å². The number of thiophene rings is 1. The molecular formula is C19H15N3O4S. The Morgan fingerprint density at radius 3 is 2.63 bits per heavy atom. The molecule has 3 aromatic rings. The number of nitrogens with one attached hydrogen (secondary N) is 2. The number of nitrogens with zero attached hydrogens (tertiary/aromatic N) is 1. The summed E-state index contributed by atoms with van der Waals surface area (Å²) in [5.74, 6) is -0.0404. The van der Waals surface area contributed by atoms with E-state index in [1.54, 1.807) is 6.07 Å². The van der Waals surface area contributed by atoms with E-state index in [2.05, 4.69) is 10.6 Å². The molecule has 2 heterocycles. The Hall–Kier alpha value is -3.39. The largest absolute Gasteiger partial charge is 0.490 e. The van der Waals surface area contributed by atoms with Crippen LogP contribution in [0.2, 0.25) is 0 Å². The molecule has 2 N–H and O–H groups in total. The molecule has 27 heavy (non-hydrogen) atoms. The fourth-order valence-electron chi connectivity index (χ4n) is 3.09. The van der Waals surface area contributed by atoms with Crippen molar-refractivity contribution in [2.45, 2.75) is 6.17 Å². The zero-order valence-electron chi connectivity index (χ0n) is 14.3. The summed E-state index contributed by atoms with van der Waals surface area (Å²) in [6.07, 6.45) is -0.558. The fraction of sp³-hybridized carbons (Fsp3) is 0.105. The normalized spacial score (nSPS) is 15.4. The number of methoxy groups -OCH3 is 1. The Labute approximate surface area is 158 Å². The van der Waals surface area contributed by atoms with Gasteiger partial charge in [-0.15, -0.1) is 11.3 Å². The number of carbonyl (C=O) groups is 1. The Balaban J connectivity index is 1.69. The molecule has 1 aliphatic rings. The molecule has 7 nitrogen and oxygen atoms in total. The average Bonchev–Trinajstić information content (AvgIpc) is 3.12. The zero-order valence-corrected chi connectivity index (χ0v) is 15.1. The lowest BCUT2D eigenvalue weighted by atomic mass is 10.0. The van der Waals surface area contributed by atoms with E-state index >= 15 is 0 Å². The first-order valence-electron chi connectivity index (χ1n) is 8.15. The zero-order chi connectivity index (χ0) is 19.0. The van der Waals surface area contributed by atoms with Crippen LogP contribution in [0.25, 0.3) is 11.1 Å². The molecule has 1 aliphatic heterocycles. The first kappa shape index (κ1) is 17.0. The summed E-state index contributed by atoms with van der Waals surface area (Å²) in [5, 5.41) is 20.1. The molecule has 0 aliphatic carbocycles. The summed E-state index contributed by atoms with van der Waals surface area (Å²) in [6.45, 7) is 0. The maximum atomic E-state index is 12.8. The van der Waals surface area contributed by atoms with Crippen LogP contribution in [-0.4, -0.2) is 17.9 Å². The second-order valence-corrected chi connectivity index (χ2v) is 6.84. The van der Waals surface area contributed by atoms with Crippen LogP contribution in [0.15, 0.2) is 53.9 Å². The average molecular weight is 381 g/mol. The molecule has 1 atom stereocenters. The number of benzene rings is 2. The summed E-state index contributed by atoms with van der Waals surface area (Å²) in [6, 6.07) is 14.3. The van der Waals surface area contributed by atoms with Gasteiger partial charge in [-0.3, -0.25) is 14.9 Å². The van der Waals surface area contributed by atoms with Gasteiger partial charge in [-0.25, -0.2) is 0 Å². The summed E-state index contributed by atoms with van der Waals surface area (Å²) in [5.41, 5.74) is 2.85. The summed E-state index contributed by atoms with van der Waals surface area (Å²) >= 11 is 1.44. The molecule has 2 aromatic carbocycles. The van der Waals surface area contributed by atoms with Crippen molar-refractivity contribution in [2.75, 3.05) is 12.4 Å². The van der Waals surface area contributed by atoms with E-state index in [0.717, 1.165) is 16.1 Å². The molecule has 8 heteroatoms. The Bertz CT molecular complexity index is 1030. The van der Waals surface area contributed by atoms with Crippen molar-refractivity contribution in [3.8, 4) is 16.9 Å². The molecule has 0 saturated heterocycles. The first-order chi connectivity index (χ1) is 13.1. The summed E-state index contributed by atoms with van der Waals surface area (Å²) in [7, 11) is 1.38. The quantitative estimate of drug-likeness (QED) is 0.522. The van der Waals surface area contributed by atoms with Crippen LogP contribution in [0.3, 0.4) is 0 Å². The third kappa shape index (κ3) is 3.00. The van der Waals surface area contributed by atoms with Crippen LogP contribution < -0.4 is 15.4 Å². The fourth-order valence-corrected chi connectivity index (χ4v) is 4.08. The number of amides is 1. The van der Waals surface area contributed by atoms with Gasteiger partial charge in [0.1, 0.15) is 11.2 Å². The lowest BCUT2D eigenvalue weighted by molar-refractivity contribution is -0.385. The van der Waals surface area contributed by atoms with Crippen molar-refractivity contribution in [1.82, 2.24) is 5.32 Å². The van der Waals surface area contributed by atoms with Crippen LogP contribution >= 0.6 is 11.3 Å². The van der Waals surface area contributed by atoms with E-state index in [-0.39, 0.29) is 17.3 Å². The molecule has 1 aromatic heterocycles. The van der Waals surface area contributed by atoms with Gasteiger partial charge in [-0.05, 0) is 11.6 Å². The SMILES string of the molecule is COc1ccc([C@@H]2NC(=O)c3c(-c4ccccc4)csc3N2)cc1[N+](=O)[O-]. The van der Waals surface area contributed by atoms with E-state index in [1.165, 1.54) is 30.6 Å². The third-order valence-electron chi connectivity index (χ3n) is 4.39. The van der Waals surface area contributed by atoms with E-state index in [4.69, 9.17) is 4.74 Å². The van der Waals surface area contributed by atoms with Gasteiger partial charge in [0.15, 0.2) is 5.75 Å². The van der Waals surface area contributed by atoms with Crippen LogP contribution in [0.1, 0.15) is 22.1 Å².